The molecule has 1 aromatic heterocycles. The Morgan fingerprint density at radius 2 is 1.95 bits per heavy atom. The van der Waals surface area contributed by atoms with Crippen molar-refractivity contribution >= 4 is 0 Å². The molecular weight excluding hydrogens is 240 g/mol. The topological polar surface area (TPSA) is 47.3 Å². The minimum absolute atomic E-state index is 0.402. The lowest BCUT2D eigenvalue weighted by Crippen LogP contribution is -1.95. The molecule has 0 aliphatic heterocycles. The van der Waals surface area contributed by atoms with Gasteiger partial charge in [-0.15, -0.1) is 0 Å². The molecule has 102 valence electrons. The van der Waals surface area contributed by atoms with Crippen molar-refractivity contribution in [2.75, 3.05) is 0 Å². The first-order valence-electron chi connectivity index (χ1n) is 6.71. The fourth-order valence-corrected chi connectivity index (χ4v) is 1.88. The van der Waals surface area contributed by atoms with E-state index < -0.39 is 6.10 Å². The van der Waals surface area contributed by atoms with Gasteiger partial charge in [0.25, 0.3) is 0 Å². The van der Waals surface area contributed by atoms with Gasteiger partial charge in [-0.05, 0) is 30.5 Å². The molecule has 0 amide bonds. The fraction of sp³-hybridized carbons (Fsp3) is 0.400. The largest absolute Gasteiger partial charge is 0.454 e. The predicted molar refractivity (Wildman–Crippen MR) is 74.3 cm³/mol. The van der Waals surface area contributed by atoms with E-state index in [1.807, 2.05) is 42.1 Å². The van der Waals surface area contributed by atoms with Gasteiger partial charge in [-0.1, -0.05) is 26.0 Å². The summed E-state index contributed by atoms with van der Waals surface area (Å²) in [5.74, 6) is 1.49. The van der Waals surface area contributed by atoms with Crippen LogP contribution in [0, 0.1) is 0 Å². The van der Waals surface area contributed by atoms with Crippen LogP contribution in [0.25, 0.3) is 0 Å². The summed E-state index contributed by atoms with van der Waals surface area (Å²) in [7, 11) is 0. The summed E-state index contributed by atoms with van der Waals surface area (Å²) in [5.41, 5.74) is 0.913. The summed E-state index contributed by atoms with van der Waals surface area (Å²) in [6.45, 7) is 4.96. The summed E-state index contributed by atoms with van der Waals surface area (Å²) < 4.78 is 7.57. The molecule has 0 radical (unpaired) electrons. The van der Waals surface area contributed by atoms with Crippen LogP contribution in [0.2, 0.25) is 0 Å². The first-order valence-corrected chi connectivity index (χ1v) is 6.71. The van der Waals surface area contributed by atoms with Crippen molar-refractivity contribution in [3.05, 3.63) is 42.2 Å². The second kappa shape index (κ2) is 6.38. The number of benzene rings is 1. The van der Waals surface area contributed by atoms with E-state index in [4.69, 9.17) is 4.74 Å². The van der Waals surface area contributed by atoms with Gasteiger partial charge in [0.2, 0.25) is 0 Å². The van der Waals surface area contributed by atoms with E-state index >= 15 is 0 Å². The highest BCUT2D eigenvalue weighted by Gasteiger charge is 2.05. The third-order valence-corrected chi connectivity index (χ3v) is 2.95. The average molecular weight is 260 g/mol. The van der Waals surface area contributed by atoms with Crippen LogP contribution in [0.3, 0.4) is 0 Å². The van der Waals surface area contributed by atoms with Gasteiger partial charge in [-0.25, -0.2) is 0 Å². The van der Waals surface area contributed by atoms with Gasteiger partial charge in [0.05, 0.1) is 18.5 Å². The van der Waals surface area contributed by atoms with Crippen LogP contribution < -0.4 is 4.74 Å². The molecule has 2 aromatic rings. The first-order chi connectivity index (χ1) is 9.22. The molecule has 0 aliphatic rings. The highest BCUT2D eigenvalue weighted by molar-refractivity contribution is 5.32. The quantitative estimate of drug-likeness (QED) is 0.864. The van der Waals surface area contributed by atoms with E-state index in [1.165, 1.54) is 0 Å². The van der Waals surface area contributed by atoms with Crippen LogP contribution in [0.4, 0.5) is 0 Å². The second-order valence-electron chi connectivity index (χ2n) is 4.53. The van der Waals surface area contributed by atoms with E-state index in [-0.39, 0.29) is 0 Å². The minimum Gasteiger partial charge on any atom is -0.454 e. The summed E-state index contributed by atoms with van der Waals surface area (Å²) in [5, 5.41) is 13.9. The van der Waals surface area contributed by atoms with Crippen LogP contribution in [0.5, 0.6) is 11.5 Å². The first kappa shape index (κ1) is 13.6. The Labute approximate surface area is 113 Å². The highest BCUT2D eigenvalue weighted by Crippen LogP contribution is 2.24. The molecule has 1 atom stereocenters. The third-order valence-electron chi connectivity index (χ3n) is 2.95. The van der Waals surface area contributed by atoms with Crippen molar-refractivity contribution in [3.8, 4) is 11.5 Å². The van der Waals surface area contributed by atoms with E-state index in [0.717, 1.165) is 30.0 Å². The molecule has 1 heterocycles. The molecule has 0 bridgehead atoms. The SMILES string of the molecule is CCCn1cc(Oc2ccc(C(O)CC)cc2)cn1. The van der Waals surface area contributed by atoms with E-state index in [0.29, 0.717) is 6.42 Å². The number of ether oxygens (including phenoxy) is 1. The zero-order valence-electron chi connectivity index (χ0n) is 11.4. The molecule has 0 saturated heterocycles. The summed E-state index contributed by atoms with van der Waals surface area (Å²) in [6, 6.07) is 7.51. The Morgan fingerprint density at radius 1 is 1.21 bits per heavy atom. The number of hydrogen-bond donors (Lipinski definition) is 1. The number of aliphatic hydroxyl groups excluding tert-OH is 1. The minimum atomic E-state index is -0.402. The molecule has 1 N–H and O–H groups in total. The zero-order chi connectivity index (χ0) is 13.7. The third kappa shape index (κ3) is 3.58. The Hall–Kier alpha value is -1.81. The van der Waals surface area contributed by atoms with E-state index in [2.05, 4.69) is 12.0 Å². The number of hydrogen-bond acceptors (Lipinski definition) is 3. The predicted octanol–water partition coefficient (Wildman–Crippen LogP) is 3.53. The van der Waals surface area contributed by atoms with Crippen molar-refractivity contribution in [1.82, 2.24) is 9.78 Å². The van der Waals surface area contributed by atoms with Gasteiger partial charge in [-0.3, -0.25) is 4.68 Å². The zero-order valence-corrected chi connectivity index (χ0v) is 11.4. The maximum absolute atomic E-state index is 9.72. The maximum Gasteiger partial charge on any atom is 0.165 e. The van der Waals surface area contributed by atoms with Crippen molar-refractivity contribution < 1.29 is 9.84 Å². The molecule has 19 heavy (non-hydrogen) atoms. The Bertz CT molecular complexity index is 505. The number of nitrogens with zero attached hydrogens (tertiary/aromatic N) is 2. The van der Waals surface area contributed by atoms with Crippen molar-refractivity contribution in [3.63, 3.8) is 0 Å². The Balaban J connectivity index is 2.02. The van der Waals surface area contributed by atoms with Gasteiger partial charge in [0.15, 0.2) is 5.75 Å². The van der Waals surface area contributed by atoms with Crippen LogP contribution in [0.15, 0.2) is 36.7 Å². The van der Waals surface area contributed by atoms with E-state index in [1.54, 1.807) is 6.20 Å². The smallest absolute Gasteiger partial charge is 0.165 e. The molecule has 0 saturated carbocycles. The van der Waals surface area contributed by atoms with Gasteiger partial charge >= 0.3 is 0 Å². The Kier molecular flexibility index (Phi) is 4.58. The number of aromatic nitrogens is 2. The maximum atomic E-state index is 9.72. The van der Waals surface area contributed by atoms with Crippen molar-refractivity contribution in [2.24, 2.45) is 0 Å². The lowest BCUT2D eigenvalue weighted by Gasteiger charge is -2.09. The molecule has 1 unspecified atom stereocenters. The second-order valence-corrected chi connectivity index (χ2v) is 4.53. The summed E-state index contributed by atoms with van der Waals surface area (Å²) >= 11 is 0. The van der Waals surface area contributed by atoms with Crippen molar-refractivity contribution in [1.29, 1.82) is 0 Å². The monoisotopic (exact) mass is 260 g/mol. The van der Waals surface area contributed by atoms with Crippen LogP contribution in [0.1, 0.15) is 38.4 Å². The van der Waals surface area contributed by atoms with Crippen LogP contribution >= 0.6 is 0 Å². The van der Waals surface area contributed by atoms with Gasteiger partial charge in [0, 0.05) is 6.54 Å². The Morgan fingerprint density at radius 3 is 2.58 bits per heavy atom. The van der Waals surface area contributed by atoms with Crippen LogP contribution in [-0.4, -0.2) is 14.9 Å². The standard InChI is InChI=1S/C15H20N2O2/c1-3-9-17-11-14(10-16-17)19-13-7-5-12(6-8-13)15(18)4-2/h5-8,10-11,15,18H,3-4,9H2,1-2H3. The normalized spacial score (nSPS) is 12.4. The highest BCUT2D eigenvalue weighted by atomic mass is 16.5. The molecule has 4 nitrogen and oxygen atoms in total. The number of aliphatic hydroxyl groups is 1. The van der Waals surface area contributed by atoms with Gasteiger partial charge < -0.3 is 9.84 Å². The molecule has 0 fully saturated rings. The molecule has 0 aliphatic carbocycles. The van der Waals surface area contributed by atoms with Crippen molar-refractivity contribution in [2.45, 2.75) is 39.3 Å². The van der Waals surface area contributed by atoms with Gasteiger partial charge in [-0.2, -0.15) is 5.10 Å². The molecule has 2 rings (SSSR count). The lowest BCUT2D eigenvalue weighted by molar-refractivity contribution is 0.173. The van der Waals surface area contributed by atoms with Crippen LogP contribution in [-0.2, 0) is 6.54 Å². The molecule has 1 aromatic carbocycles. The molecule has 4 heteroatoms. The lowest BCUT2D eigenvalue weighted by atomic mass is 10.1. The summed E-state index contributed by atoms with van der Waals surface area (Å²) in [6.07, 6.45) is 4.96. The fourth-order valence-electron chi connectivity index (χ4n) is 1.88. The number of aryl methyl sites for hydroxylation is 1. The van der Waals surface area contributed by atoms with E-state index in [9.17, 15) is 5.11 Å². The van der Waals surface area contributed by atoms with Gasteiger partial charge in [0.1, 0.15) is 5.75 Å². The molecular formula is C15H20N2O2. The molecule has 0 spiro atoms. The summed E-state index contributed by atoms with van der Waals surface area (Å²) in [4.78, 5) is 0. The average Bonchev–Trinajstić information content (AvgIpc) is 2.86. The number of rotatable bonds is 6.